The first-order valence-electron chi connectivity index (χ1n) is 6.85. The lowest BCUT2D eigenvalue weighted by Gasteiger charge is -2.13. The van der Waals surface area contributed by atoms with Gasteiger partial charge in [-0.25, -0.2) is 0 Å². The highest BCUT2D eigenvalue weighted by Gasteiger charge is 2.29. The highest BCUT2D eigenvalue weighted by molar-refractivity contribution is 5.85. The van der Waals surface area contributed by atoms with Crippen LogP contribution in [-0.2, 0) is 6.61 Å². The smallest absolute Gasteiger partial charge is 0.120 e. The number of hydrogen-bond donors (Lipinski definition) is 1. The average molecular weight is 290 g/mol. The third kappa shape index (κ3) is 3.75. The van der Waals surface area contributed by atoms with Crippen LogP contribution >= 0.6 is 12.4 Å². The fourth-order valence-electron chi connectivity index (χ4n) is 2.28. The molecule has 0 spiro atoms. The molecule has 0 aliphatic heterocycles. The van der Waals surface area contributed by atoms with Crippen molar-refractivity contribution in [2.45, 2.75) is 25.5 Å². The highest BCUT2D eigenvalue weighted by Crippen LogP contribution is 2.39. The monoisotopic (exact) mass is 289 g/mol. The third-order valence-electron chi connectivity index (χ3n) is 3.62. The van der Waals surface area contributed by atoms with Crippen LogP contribution in [0.3, 0.4) is 0 Å². The van der Waals surface area contributed by atoms with E-state index in [2.05, 4.69) is 24.3 Å². The topological polar surface area (TPSA) is 35.2 Å². The summed E-state index contributed by atoms with van der Waals surface area (Å²) < 4.78 is 5.83. The second-order valence-corrected chi connectivity index (χ2v) is 5.21. The SMILES string of the molecule is Cl.N[C@H](c1cccc(OCc2ccccc2)c1)C1CC1. The molecule has 2 N–H and O–H groups in total. The minimum absolute atomic E-state index is 0. The molecule has 0 aromatic heterocycles. The Morgan fingerprint density at radius 3 is 2.50 bits per heavy atom. The van der Waals surface area contributed by atoms with Gasteiger partial charge in [-0.05, 0) is 42.0 Å². The molecule has 20 heavy (non-hydrogen) atoms. The van der Waals surface area contributed by atoms with Crippen LogP contribution in [0.1, 0.15) is 30.0 Å². The van der Waals surface area contributed by atoms with Crippen molar-refractivity contribution in [2.75, 3.05) is 0 Å². The highest BCUT2D eigenvalue weighted by atomic mass is 35.5. The van der Waals surface area contributed by atoms with Gasteiger partial charge in [-0.3, -0.25) is 0 Å². The van der Waals surface area contributed by atoms with E-state index in [1.54, 1.807) is 0 Å². The van der Waals surface area contributed by atoms with Crippen LogP contribution in [0.25, 0.3) is 0 Å². The Morgan fingerprint density at radius 2 is 1.80 bits per heavy atom. The van der Waals surface area contributed by atoms with E-state index < -0.39 is 0 Å². The molecule has 2 nitrogen and oxygen atoms in total. The van der Waals surface area contributed by atoms with E-state index in [-0.39, 0.29) is 18.4 Å². The predicted octanol–water partition coefficient (Wildman–Crippen LogP) is 4.10. The van der Waals surface area contributed by atoms with Gasteiger partial charge in [-0.2, -0.15) is 0 Å². The molecule has 106 valence electrons. The molecule has 2 aromatic carbocycles. The van der Waals surface area contributed by atoms with Crippen molar-refractivity contribution in [3.8, 4) is 5.75 Å². The van der Waals surface area contributed by atoms with Gasteiger partial charge in [0.25, 0.3) is 0 Å². The van der Waals surface area contributed by atoms with Gasteiger partial charge < -0.3 is 10.5 Å². The van der Waals surface area contributed by atoms with Gasteiger partial charge in [-0.1, -0.05) is 42.5 Å². The number of rotatable bonds is 5. The zero-order chi connectivity index (χ0) is 13.1. The maximum absolute atomic E-state index is 6.22. The molecule has 0 bridgehead atoms. The van der Waals surface area contributed by atoms with Crippen LogP contribution < -0.4 is 10.5 Å². The summed E-state index contributed by atoms with van der Waals surface area (Å²) in [6.07, 6.45) is 2.52. The molecule has 1 atom stereocenters. The zero-order valence-corrected chi connectivity index (χ0v) is 12.2. The number of ether oxygens (including phenoxy) is 1. The zero-order valence-electron chi connectivity index (χ0n) is 11.4. The molecule has 3 rings (SSSR count). The Morgan fingerprint density at radius 1 is 1.05 bits per heavy atom. The lowest BCUT2D eigenvalue weighted by Crippen LogP contribution is -2.12. The Hall–Kier alpha value is -1.51. The predicted molar refractivity (Wildman–Crippen MR) is 84.1 cm³/mol. The molecule has 0 unspecified atom stereocenters. The Labute approximate surface area is 126 Å². The van der Waals surface area contributed by atoms with E-state index in [9.17, 15) is 0 Å². The Balaban J connectivity index is 0.00000147. The maximum Gasteiger partial charge on any atom is 0.120 e. The quantitative estimate of drug-likeness (QED) is 0.899. The summed E-state index contributed by atoms with van der Waals surface area (Å²) in [7, 11) is 0. The molecule has 3 heteroatoms. The van der Waals surface area contributed by atoms with Gasteiger partial charge in [-0.15, -0.1) is 12.4 Å². The lowest BCUT2D eigenvalue weighted by atomic mass is 10.0. The standard InChI is InChI=1S/C17H19NO.ClH/c18-17(14-9-10-14)15-7-4-8-16(11-15)19-12-13-5-2-1-3-6-13;/h1-8,11,14,17H,9-10,12,18H2;1H/t17-;/m0./s1. The van der Waals surface area contributed by atoms with Crippen LogP contribution in [0, 0.1) is 5.92 Å². The first-order valence-corrected chi connectivity index (χ1v) is 6.85. The number of halogens is 1. The van der Waals surface area contributed by atoms with E-state index in [1.165, 1.54) is 24.0 Å². The van der Waals surface area contributed by atoms with Crippen molar-refractivity contribution in [2.24, 2.45) is 11.7 Å². The fraction of sp³-hybridized carbons (Fsp3) is 0.294. The van der Waals surface area contributed by atoms with Crippen LogP contribution in [0.2, 0.25) is 0 Å². The van der Waals surface area contributed by atoms with Gasteiger partial charge in [0.2, 0.25) is 0 Å². The van der Waals surface area contributed by atoms with Crippen LogP contribution in [0.5, 0.6) is 5.75 Å². The summed E-state index contributed by atoms with van der Waals surface area (Å²) in [5.74, 6) is 1.57. The van der Waals surface area contributed by atoms with Crippen LogP contribution in [0.15, 0.2) is 54.6 Å². The maximum atomic E-state index is 6.22. The summed E-state index contributed by atoms with van der Waals surface area (Å²) in [6.45, 7) is 0.600. The van der Waals surface area contributed by atoms with Gasteiger partial charge in [0.05, 0.1) is 0 Å². The van der Waals surface area contributed by atoms with E-state index in [0.717, 1.165) is 5.75 Å². The Kier molecular flexibility index (Phi) is 5.05. The van der Waals surface area contributed by atoms with Gasteiger partial charge in [0.1, 0.15) is 12.4 Å². The fourth-order valence-corrected chi connectivity index (χ4v) is 2.28. The normalized spacial score (nSPS) is 15.2. The van der Waals surface area contributed by atoms with Gasteiger partial charge >= 0.3 is 0 Å². The largest absolute Gasteiger partial charge is 0.489 e. The van der Waals surface area contributed by atoms with Crippen LogP contribution in [0.4, 0.5) is 0 Å². The molecule has 0 radical (unpaired) electrons. The molecule has 2 aromatic rings. The summed E-state index contributed by atoms with van der Waals surface area (Å²) in [5, 5.41) is 0. The molecule has 1 saturated carbocycles. The molecule has 0 heterocycles. The number of hydrogen-bond acceptors (Lipinski definition) is 2. The third-order valence-corrected chi connectivity index (χ3v) is 3.62. The number of benzene rings is 2. The molecule has 0 amide bonds. The van der Waals surface area contributed by atoms with E-state index in [1.807, 2.05) is 30.3 Å². The van der Waals surface area contributed by atoms with Crippen molar-refractivity contribution in [1.82, 2.24) is 0 Å². The minimum Gasteiger partial charge on any atom is -0.489 e. The molecular weight excluding hydrogens is 270 g/mol. The van der Waals surface area contributed by atoms with Crippen molar-refractivity contribution in [3.63, 3.8) is 0 Å². The van der Waals surface area contributed by atoms with E-state index in [0.29, 0.717) is 12.5 Å². The Bertz CT molecular complexity index is 540. The summed E-state index contributed by atoms with van der Waals surface area (Å²) >= 11 is 0. The van der Waals surface area contributed by atoms with Crippen LogP contribution in [-0.4, -0.2) is 0 Å². The molecule has 1 aliphatic rings. The summed E-state index contributed by atoms with van der Waals surface area (Å²) in [4.78, 5) is 0. The molecule has 1 fully saturated rings. The molecule has 0 saturated heterocycles. The van der Waals surface area contributed by atoms with E-state index in [4.69, 9.17) is 10.5 Å². The number of nitrogens with two attached hydrogens (primary N) is 1. The van der Waals surface area contributed by atoms with Gasteiger partial charge in [0.15, 0.2) is 0 Å². The van der Waals surface area contributed by atoms with Crippen molar-refractivity contribution in [1.29, 1.82) is 0 Å². The molecular formula is C17H20ClNO. The first kappa shape index (κ1) is 14.9. The summed E-state index contributed by atoms with van der Waals surface area (Å²) in [5.41, 5.74) is 8.59. The van der Waals surface area contributed by atoms with Crippen molar-refractivity contribution in [3.05, 3.63) is 65.7 Å². The van der Waals surface area contributed by atoms with E-state index >= 15 is 0 Å². The second-order valence-electron chi connectivity index (χ2n) is 5.21. The average Bonchev–Trinajstić information content (AvgIpc) is 3.30. The molecule has 1 aliphatic carbocycles. The summed E-state index contributed by atoms with van der Waals surface area (Å²) in [6, 6.07) is 18.6. The van der Waals surface area contributed by atoms with Crippen molar-refractivity contribution >= 4 is 12.4 Å². The second kappa shape index (κ2) is 6.78. The van der Waals surface area contributed by atoms with Gasteiger partial charge in [0, 0.05) is 6.04 Å². The lowest BCUT2D eigenvalue weighted by molar-refractivity contribution is 0.305. The van der Waals surface area contributed by atoms with Crippen molar-refractivity contribution < 1.29 is 4.74 Å². The minimum atomic E-state index is 0. The first-order chi connectivity index (χ1) is 9.33.